The number of ketones is 1. The number of pyridine rings is 1. The third-order valence-corrected chi connectivity index (χ3v) is 8.41. The van der Waals surface area contributed by atoms with Crippen molar-refractivity contribution in [3.63, 3.8) is 0 Å². The lowest BCUT2D eigenvalue weighted by molar-refractivity contribution is -0.138. The van der Waals surface area contributed by atoms with E-state index in [1.165, 1.54) is 13.0 Å². The van der Waals surface area contributed by atoms with Crippen LogP contribution in [-0.4, -0.2) is 59.3 Å². The second kappa shape index (κ2) is 9.79. The van der Waals surface area contributed by atoms with Crippen LogP contribution in [0.5, 0.6) is 0 Å². The van der Waals surface area contributed by atoms with Gasteiger partial charge in [0.25, 0.3) is 0 Å². The third-order valence-electron chi connectivity index (χ3n) is 8.00. The van der Waals surface area contributed by atoms with Gasteiger partial charge in [0.15, 0.2) is 5.78 Å². The minimum atomic E-state index is -0.738. The summed E-state index contributed by atoms with van der Waals surface area (Å²) in [6.07, 6.45) is 4.75. The number of carbonyl (C=O) groups is 3. The molecule has 1 aliphatic carbocycles. The maximum absolute atomic E-state index is 13.9. The molecule has 210 valence electrons. The van der Waals surface area contributed by atoms with Crippen molar-refractivity contribution in [2.75, 3.05) is 5.32 Å². The summed E-state index contributed by atoms with van der Waals surface area (Å²) < 4.78 is 15.7. The van der Waals surface area contributed by atoms with Crippen molar-refractivity contribution < 1.29 is 18.8 Å². The van der Waals surface area contributed by atoms with Crippen LogP contribution in [0.15, 0.2) is 41.3 Å². The zero-order valence-corrected chi connectivity index (χ0v) is 24.5. The molecule has 0 spiro atoms. The van der Waals surface area contributed by atoms with E-state index in [9.17, 15) is 18.8 Å². The third kappa shape index (κ3) is 4.90. The number of hydrogen-bond donors (Lipinski definition) is 1. The predicted octanol–water partition coefficient (Wildman–Crippen LogP) is 4.63. The van der Waals surface area contributed by atoms with Crippen LogP contribution in [0.2, 0.25) is 0 Å². The van der Waals surface area contributed by atoms with Gasteiger partial charge in [-0.05, 0) is 71.3 Å². The van der Waals surface area contributed by atoms with Crippen LogP contribution < -0.4 is 5.32 Å². The standard InChI is InChI=1S/C29H27BrFN7O3/c1-14-5-17(18-11-32-16(3)33-12-18)6-20-26(15(2)39)36-37(27(14)20)13-25(40)38-21(9-29(4)10-22(29)38)28(41)35-24-8-19(31)7-23(30)34-24/h5-8,11-12,21-22H,9-10,13H2,1-4H3,(H,34,35,41)/t21-,22+,29-/m0/s1. The molecule has 10 nitrogen and oxygen atoms in total. The van der Waals surface area contributed by atoms with E-state index >= 15 is 0 Å². The van der Waals surface area contributed by atoms with Crippen LogP contribution in [0.3, 0.4) is 0 Å². The molecule has 2 amide bonds. The fraction of sp³-hybridized carbons (Fsp3) is 0.345. The Kier molecular flexibility index (Phi) is 6.48. The number of hydrogen-bond acceptors (Lipinski definition) is 7. The first kappa shape index (κ1) is 27.1. The SMILES string of the molecule is CC(=O)c1nn(CC(=O)N2[C@H](C(=O)Nc3cc(F)cc(Br)n3)C[C@@]3(C)C[C@@H]23)c2c(C)cc(-c3cnc(C)nc3)cc12. The maximum atomic E-state index is 13.9. The second-order valence-corrected chi connectivity index (χ2v) is 12.0. The first-order valence-corrected chi connectivity index (χ1v) is 14.0. The van der Waals surface area contributed by atoms with Gasteiger partial charge in [-0.15, -0.1) is 0 Å². The Hall–Kier alpha value is -4.06. The molecule has 6 rings (SSSR count). The quantitative estimate of drug-likeness (QED) is 0.246. The fourth-order valence-corrected chi connectivity index (χ4v) is 6.33. The predicted molar refractivity (Wildman–Crippen MR) is 153 cm³/mol. The largest absolute Gasteiger partial charge is 0.325 e. The van der Waals surface area contributed by atoms with Gasteiger partial charge in [0.2, 0.25) is 11.8 Å². The van der Waals surface area contributed by atoms with Gasteiger partial charge in [0, 0.05) is 48.4 Å². The molecule has 1 saturated carbocycles. The summed E-state index contributed by atoms with van der Waals surface area (Å²) in [5.41, 5.74) is 3.25. The molecule has 0 unspecified atom stereocenters. The normalized spacial score (nSPS) is 21.2. The Bertz CT molecular complexity index is 1740. The lowest BCUT2D eigenvalue weighted by Crippen LogP contribution is -2.46. The van der Waals surface area contributed by atoms with Crippen molar-refractivity contribution in [3.05, 3.63) is 64.2 Å². The monoisotopic (exact) mass is 619 g/mol. The number of aromatic nitrogens is 5. The van der Waals surface area contributed by atoms with Crippen LogP contribution in [0.25, 0.3) is 22.0 Å². The first-order valence-electron chi connectivity index (χ1n) is 13.2. The van der Waals surface area contributed by atoms with Crippen molar-refractivity contribution >= 4 is 50.2 Å². The average Bonchev–Trinajstić information content (AvgIpc) is 3.25. The number of likely N-dealkylation sites (tertiary alicyclic amines) is 1. The van der Waals surface area contributed by atoms with Gasteiger partial charge in [-0.1, -0.05) is 6.92 Å². The van der Waals surface area contributed by atoms with Gasteiger partial charge in [-0.3, -0.25) is 19.1 Å². The van der Waals surface area contributed by atoms with E-state index in [2.05, 4.69) is 48.2 Å². The smallest absolute Gasteiger partial charge is 0.248 e. The molecule has 0 bridgehead atoms. The van der Waals surface area contributed by atoms with Gasteiger partial charge in [-0.25, -0.2) is 19.3 Å². The van der Waals surface area contributed by atoms with Gasteiger partial charge in [0.05, 0.1) is 5.52 Å². The van der Waals surface area contributed by atoms with Crippen LogP contribution in [-0.2, 0) is 16.1 Å². The summed E-state index contributed by atoms with van der Waals surface area (Å²) in [4.78, 5) is 54.0. The number of piperidine rings is 1. The number of fused-ring (bicyclic) bond motifs is 2. The molecule has 1 aliphatic heterocycles. The van der Waals surface area contributed by atoms with Crippen LogP contribution in [0.4, 0.5) is 10.2 Å². The molecule has 4 aromatic rings. The molecule has 2 aliphatic rings. The highest BCUT2D eigenvalue weighted by atomic mass is 79.9. The zero-order valence-electron chi connectivity index (χ0n) is 22.9. The molecule has 41 heavy (non-hydrogen) atoms. The molecule has 0 radical (unpaired) electrons. The number of rotatable bonds is 6. The number of aryl methyl sites for hydroxylation is 2. The van der Waals surface area contributed by atoms with Gasteiger partial charge in [-0.2, -0.15) is 5.10 Å². The Labute approximate surface area is 243 Å². The highest BCUT2D eigenvalue weighted by molar-refractivity contribution is 9.10. The topological polar surface area (TPSA) is 123 Å². The summed E-state index contributed by atoms with van der Waals surface area (Å²) in [5, 5.41) is 7.85. The number of amides is 2. The maximum Gasteiger partial charge on any atom is 0.248 e. The molecule has 12 heteroatoms. The van der Waals surface area contributed by atoms with Crippen molar-refractivity contribution in [1.29, 1.82) is 0 Å². The Morgan fingerprint density at radius 1 is 1.10 bits per heavy atom. The number of nitrogens with one attached hydrogen (secondary N) is 1. The lowest BCUT2D eigenvalue weighted by Gasteiger charge is -2.27. The van der Waals surface area contributed by atoms with E-state index in [1.54, 1.807) is 22.0 Å². The minimum Gasteiger partial charge on any atom is -0.325 e. The van der Waals surface area contributed by atoms with E-state index in [1.807, 2.05) is 26.0 Å². The van der Waals surface area contributed by atoms with Crippen LogP contribution >= 0.6 is 15.9 Å². The number of Topliss-reactive ketones (excluding diaryl/α,β-unsaturated/α-hetero) is 1. The number of nitrogens with zero attached hydrogens (tertiary/aromatic N) is 6. The highest BCUT2D eigenvalue weighted by Gasteiger charge is 2.64. The zero-order chi connectivity index (χ0) is 29.2. The molecule has 1 saturated heterocycles. The van der Waals surface area contributed by atoms with E-state index in [-0.39, 0.29) is 45.8 Å². The number of benzene rings is 1. The molecule has 3 atom stereocenters. The van der Waals surface area contributed by atoms with Crippen molar-refractivity contribution in [2.45, 2.75) is 59.2 Å². The van der Waals surface area contributed by atoms with Gasteiger partial charge >= 0.3 is 0 Å². The fourth-order valence-electron chi connectivity index (χ4n) is 5.92. The van der Waals surface area contributed by atoms with Crippen molar-refractivity contribution in [2.24, 2.45) is 5.41 Å². The summed E-state index contributed by atoms with van der Waals surface area (Å²) in [7, 11) is 0. The summed E-state index contributed by atoms with van der Waals surface area (Å²) in [6, 6.07) is 5.33. The lowest BCUT2D eigenvalue weighted by atomic mass is 10.0. The van der Waals surface area contributed by atoms with Crippen molar-refractivity contribution in [1.82, 2.24) is 29.6 Å². The van der Waals surface area contributed by atoms with E-state index < -0.39 is 17.8 Å². The molecule has 3 aromatic heterocycles. The molecule has 4 heterocycles. The second-order valence-electron chi connectivity index (χ2n) is 11.1. The van der Waals surface area contributed by atoms with Crippen LogP contribution in [0.1, 0.15) is 48.6 Å². The molecular weight excluding hydrogens is 593 g/mol. The highest BCUT2D eigenvalue weighted by Crippen LogP contribution is 2.59. The molecule has 2 fully saturated rings. The molecule has 1 N–H and O–H groups in total. The summed E-state index contributed by atoms with van der Waals surface area (Å²) in [6.45, 7) is 7.07. The number of anilines is 1. The van der Waals surface area contributed by atoms with Gasteiger partial charge in [0.1, 0.15) is 40.3 Å². The number of halogens is 2. The van der Waals surface area contributed by atoms with Gasteiger partial charge < -0.3 is 10.2 Å². The van der Waals surface area contributed by atoms with Crippen molar-refractivity contribution in [3.8, 4) is 11.1 Å². The average molecular weight is 620 g/mol. The Balaban J connectivity index is 1.31. The summed E-state index contributed by atoms with van der Waals surface area (Å²) in [5.74, 6) is -0.749. The first-order chi connectivity index (χ1) is 19.4. The Morgan fingerprint density at radius 3 is 2.51 bits per heavy atom. The van der Waals surface area contributed by atoms with E-state index in [4.69, 9.17) is 0 Å². The molecule has 1 aromatic carbocycles. The Morgan fingerprint density at radius 2 is 1.83 bits per heavy atom. The van der Waals surface area contributed by atoms with E-state index in [0.29, 0.717) is 23.1 Å². The minimum absolute atomic E-state index is 0.0644. The summed E-state index contributed by atoms with van der Waals surface area (Å²) >= 11 is 3.13. The van der Waals surface area contributed by atoms with Crippen LogP contribution in [0, 0.1) is 25.1 Å². The number of carbonyl (C=O) groups excluding carboxylic acids is 3. The van der Waals surface area contributed by atoms with E-state index in [0.717, 1.165) is 29.2 Å². The molecular formula is C29H27BrFN7O3.